The number of Topliss-reactive ketones (excluding diaryl/α,β-unsaturated/α-hetero) is 1. The Balaban J connectivity index is 2.48. The van der Waals surface area contributed by atoms with Crippen molar-refractivity contribution in [3.63, 3.8) is 0 Å². The third-order valence-electron chi connectivity index (χ3n) is 4.01. The first-order chi connectivity index (χ1) is 5.53. The zero-order chi connectivity index (χ0) is 8.98. The summed E-state index contributed by atoms with van der Waals surface area (Å²) in [4.78, 5) is 22.7. The first kappa shape index (κ1) is 7.96. The van der Waals surface area contributed by atoms with E-state index >= 15 is 0 Å². The minimum atomic E-state index is -0.391. The molecule has 0 aliphatic heterocycles. The van der Waals surface area contributed by atoms with E-state index in [2.05, 4.69) is 0 Å². The lowest BCUT2D eigenvalue weighted by Crippen LogP contribution is -2.40. The standard InChI is InChI=1S/C10H14O2/c1-9(2)8(12)7-3-4-10(9,5-7)6-11/h6-7H,3-5H2,1-2H3/t7-,10-/m0/s1. The summed E-state index contributed by atoms with van der Waals surface area (Å²) in [7, 11) is 0. The van der Waals surface area contributed by atoms with E-state index in [0.29, 0.717) is 5.78 Å². The van der Waals surface area contributed by atoms with Gasteiger partial charge in [-0.1, -0.05) is 13.8 Å². The van der Waals surface area contributed by atoms with Gasteiger partial charge in [0, 0.05) is 16.7 Å². The Hall–Kier alpha value is -0.660. The molecule has 0 aromatic rings. The van der Waals surface area contributed by atoms with E-state index in [1.807, 2.05) is 13.8 Å². The number of fused-ring (bicyclic) bond motifs is 2. The Morgan fingerprint density at radius 2 is 2.17 bits per heavy atom. The van der Waals surface area contributed by atoms with Gasteiger partial charge < -0.3 is 4.79 Å². The molecule has 0 aromatic carbocycles. The number of carbonyl (C=O) groups excluding carboxylic acids is 2. The highest BCUT2D eigenvalue weighted by Crippen LogP contribution is 2.60. The summed E-state index contributed by atoms with van der Waals surface area (Å²) in [5.41, 5.74) is -0.702. The second-order valence-corrected chi connectivity index (χ2v) is 4.70. The van der Waals surface area contributed by atoms with Crippen molar-refractivity contribution in [2.45, 2.75) is 33.1 Å². The Morgan fingerprint density at radius 1 is 1.50 bits per heavy atom. The highest BCUT2D eigenvalue weighted by atomic mass is 16.1. The van der Waals surface area contributed by atoms with Gasteiger partial charge in [0.05, 0.1) is 0 Å². The van der Waals surface area contributed by atoms with Gasteiger partial charge in [-0.2, -0.15) is 0 Å². The van der Waals surface area contributed by atoms with Crippen LogP contribution in [0.3, 0.4) is 0 Å². The largest absolute Gasteiger partial charge is 0.303 e. The van der Waals surface area contributed by atoms with E-state index in [1.54, 1.807) is 0 Å². The van der Waals surface area contributed by atoms with Crippen molar-refractivity contribution in [1.29, 1.82) is 0 Å². The van der Waals surface area contributed by atoms with Crippen LogP contribution in [-0.4, -0.2) is 12.1 Å². The normalized spacial score (nSPS) is 43.5. The zero-order valence-electron chi connectivity index (χ0n) is 7.59. The molecule has 12 heavy (non-hydrogen) atoms. The van der Waals surface area contributed by atoms with Crippen LogP contribution in [-0.2, 0) is 9.59 Å². The van der Waals surface area contributed by atoms with Crippen molar-refractivity contribution in [2.75, 3.05) is 0 Å². The number of ketones is 1. The number of aldehydes is 1. The summed E-state index contributed by atoms with van der Waals surface area (Å²) >= 11 is 0. The van der Waals surface area contributed by atoms with Gasteiger partial charge in [0.15, 0.2) is 0 Å². The number of hydrogen-bond acceptors (Lipinski definition) is 2. The van der Waals surface area contributed by atoms with Crippen LogP contribution in [0.25, 0.3) is 0 Å². The summed E-state index contributed by atoms with van der Waals surface area (Å²) in [6.07, 6.45) is 3.68. The molecule has 2 saturated carbocycles. The van der Waals surface area contributed by atoms with E-state index in [-0.39, 0.29) is 11.3 Å². The second kappa shape index (κ2) is 1.98. The van der Waals surface area contributed by atoms with E-state index < -0.39 is 5.41 Å². The first-order valence-electron chi connectivity index (χ1n) is 4.54. The van der Waals surface area contributed by atoms with Crippen LogP contribution < -0.4 is 0 Å². The Kier molecular flexibility index (Phi) is 1.31. The molecule has 2 bridgehead atoms. The van der Waals surface area contributed by atoms with E-state index in [0.717, 1.165) is 25.5 Å². The highest BCUT2D eigenvalue weighted by Gasteiger charge is 2.62. The van der Waals surface area contributed by atoms with Crippen LogP contribution in [0.1, 0.15) is 33.1 Å². The SMILES string of the molecule is CC1(C)C(=O)[C@H]2CC[C@@]1(C=O)C2. The van der Waals surface area contributed by atoms with Crippen LogP contribution in [0.4, 0.5) is 0 Å². The van der Waals surface area contributed by atoms with Crippen LogP contribution >= 0.6 is 0 Å². The van der Waals surface area contributed by atoms with Crippen LogP contribution in [0.15, 0.2) is 0 Å². The highest BCUT2D eigenvalue weighted by molar-refractivity contribution is 5.95. The van der Waals surface area contributed by atoms with Gasteiger partial charge in [0.2, 0.25) is 0 Å². The lowest BCUT2D eigenvalue weighted by molar-refractivity contribution is -0.137. The predicted molar refractivity (Wildman–Crippen MR) is 44.6 cm³/mol. The molecule has 0 N–H and O–H groups in total. The fourth-order valence-electron chi connectivity index (χ4n) is 2.88. The third kappa shape index (κ3) is 0.621. The average molecular weight is 166 g/mol. The van der Waals surface area contributed by atoms with E-state index in [1.165, 1.54) is 0 Å². The fraction of sp³-hybridized carbons (Fsp3) is 0.800. The monoisotopic (exact) mass is 166 g/mol. The Labute approximate surface area is 72.3 Å². The number of rotatable bonds is 1. The smallest absolute Gasteiger partial charge is 0.142 e. The quantitative estimate of drug-likeness (QED) is 0.554. The molecule has 2 heteroatoms. The van der Waals surface area contributed by atoms with Gasteiger partial charge in [-0.05, 0) is 19.3 Å². The van der Waals surface area contributed by atoms with Crippen molar-refractivity contribution in [3.05, 3.63) is 0 Å². The molecule has 0 radical (unpaired) electrons. The van der Waals surface area contributed by atoms with Gasteiger partial charge in [0.25, 0.3) is 0 Å². The van der Waals surface area contributed by atoms with Gasteiger partial charge in [-0.3, -0.25) is 4.79 Å². The maximum Gasteiger partial charge on any atom is 0.142 e. The third-order valence-corrected chi connectivity index (χ3v) is 4.01. The van der Waals surface area contributed by atoms with Gasteiger partial charge >= 0.3 is 0 Å². The molecule has 2 rings (SSSR count). The summed E-state index contributed by atoms with van der Waals surface area (Å²) in [6.45, 7) is 3.84. The molecular weight excluding hydrogens is 152 g/mol. The molecule has 2 nitrogen and oxygen atoms in total. The molecule has 2 fully saturated rings. The maximum absolute atomic E-state index is 11.7. The average Bonchev–Trinajstić information content (AvgIpc) is 2.53. The zero-order valence-corrected chi connectivity index (χ0v) is 7.59. The summed E-state index contributed by atoms with van der Waals surface area (Å²) in [5.74, 6) is 0.492. The van der Waals surface area contributed by atoms with Gasteiger partial charge in [-0.25, -0.2) is 0 Å². The summed E-state index contributed by atoms with van der Waals surface area (Å²) < 4.78 is 0. The van der Waals surface area contributed by atoms with Crippen molar-refractivity contribution in [1.82, 2.24) is 0 Å². The van der Waals surface area contributed by atoms with Crippen molar-refractivity contribution >= 4 is 12.1 Å². The summed E-state index contributed by atoms with van der Waals surface area (Å²) in [5, 5.41) is 0. The lowest BCUT2D eigenvalue weighted by atomic mass is 9.65. The molecule has 0 unspecified atom stereocenters. The molecule has 0 aromatic heterocycles. The van der Waals surface area contributed by atoms with E-state index in [4.69, 9.17) is 0 Å². The van der Waals surface area contributed by atoms with Crippen LogP contribution in [0, 0.1) is 16.7 Å². The molecule has 66 valence electrons. The molecule has 0 saturated heterocycles. The molecule has 0 amide bonds. The van der Waals surface area contributed by atoms with Crippen LogP contribution in [0.2, 0.25) is 0 Å². The Bertz CT molecular complexity index is 255. The molecule has 2 atom stereocenters. The fourth-order valence-corrected chi connectivity index (χ4v) is 2.88. The molecule has 0 heterocycles. The van der Waals surface area contributed by atoms with Gasteiger partial charge in [0.1, 0.15) is 12.1 Å². The predicted octanol–water partition coefficient (Wildman–Crippen LogP) is 1.58. The summed E-state index contributed by atoms with van der Waals surface area (Å²) in [6, 6.07) is 0. The number of carbonyl (C=O) groups is 2. The molecular formula is C10H14O2. The minimum Gasteiger partial charge on any atom is -0.303 e. The van der Waals surface area contributed by atoms with Crippen LogP contribution in [0.5, 0.6) is 0 Å². The van der Waals surface area contributed by atoms with Crippen molar-refractivity contribution < 1.29 is 9.59 Å². The molecule has 0 spiro atoms. The van der Waals surface area contributed by atoms with E-state index in [9.17, 15) is 9.59 Å². The topological polar surface area (TPSA) is 34.1 Å². The first-order valence-corrected chi connectivity index (χ1v) is 4.54. The van der Waals surface area contributed by atoms with Gasteiger partial charge in [-0.15, -0.1) is 0 Å². The minimum absolute atomic E-state index is 0.185. The van der Waals surface area contributed by atoms with Crippen molar-refractivity contribution in [3.8, 4) is 0 Å². The maximum atomic E-state index is 11.7. The van der Waals surface area contributed by atoms with Crippen molar-refractivity contribution in [2.24, 2.45) is 16.7 Å². The lowest BCUT2D eigenvalue weighted by Gasteiger charge is -2.35. The Morgan fingerprint density at radius 3 is 2.50 bits per heavy atom. The molecule has 2 aliphatic rings. The number of hydrogen-bond donors (Lipinski definition) is 0. The molecule has 2 aliphatic carbocycles. The second-order valence-electron chi connectivity index (χ2n) is 4.70.